The molecule has 0 heterocycles. The molecule has 14 heteroatoms. The van der Waals surface area contributed by atoms with Crippen molar-refractivity contribution < 1.29 is 65.9 Å². The number of carbonyl (C=O) groups is 4. The maximum atomic E-state index is 12.9. The van der Waals surface area contributed by atoms with Crippen molar-refractivity contribution in [1.82, 2.24) is 0 Å². The molecule has 0 spiro atoms. The lowest BCUT2D eigenvalue weighted by Gasteiger charge is -2.31. The molecule has 11 nitrogen and oxygen atoms in total. The SMILES string of the molecule is C#CCC(C)(C)C(=O)OCC(C)(COC(=O)OC(C)OC(=O)CCC/C=C\C[C@H]1CCC[C@@H]1/C=C/[C@@H](O)COc1cccc(C(F)(F)F)c1)COC(=O)C(C)(C)CC#C. The van der Waals surface area contributed by atoms with Crippen LogP contribution in [0, 0.1) is 52.8 Å². The van der Waals surface area contributed by atoms with Gasteiger partial charge in [-0.1, -0.05) is 36.8 Å². The Kier molecular flexibility index (Phi) is 20.1. The molecule has 0 saturated heterocycles. The first kappa shape index (κ1) is 50.2. The number of aliphatic hydroxyl groups is 1. The zero-order chi connectivity index (χ0) is 44.3. The molecule has 0 bridgehead atoms. The molecule has 0 aliphatic heterocycles. The highest BCUT2D eigenvalue weighted by Gasteiger charge is 2.37. The second kappa shape index (κ2) is 23.6. The van der Waals surface area contributed by atoms with Crippen molar-refractivity contribution >= 4 is 24.1 Å². The van der Waals surface area contributed by atoms with Gasteiger partial charge in [0.15, 0.2) is 0 Å². The van der Waals surface area contributed by atoms with Crippen molar-refractivity contribution in [2.75, 3.05) is 26.4 Å². The van der Waals surface area contributed by atoms with E-state index in [9.17, 15) is 37.5 Å². The third-order valence-corrected chi connectivity index (χ3v) is 9.63. The third kappa shape index (κ3) is 18.7. The van der Waals surface area contributed by atoms with E-state index in [1.54, 1.807) is 40.7 Å². The first-order valence-electron chi connectivity index (χ1n) is 19.7. The normalized spacial score (nSPS) is 17.1. The third-order valence-electron chi connectivity index (χ3n) is 9.63. The number of terminal acetylenes is 2. The van der Waals surface area contributed by atoms with Crippen LogP contribution in [0.5, 0.6) is 5.75 Å². The Balaban J connectivity index is 1.77. The molecule has 1 unspecified atom stereocenters. The lowest BCUT2D eigenvalue weighted by atomic mass is 9.89. The average Bonchev–Trinajstić information content (AvgIpc) is 3.61. The lowest BCUT2D eigenvalue weighted by molar-refractivity contribution is -0.170. The molecular weight excluding hydrogens is 773 g/mol. The number of aliphatic hydroxyl groups excluding tert-OH is 1. The second-order valence-corrected chi connectivity index (χ2v) is 16.4. The van der Waals surface area contributed by atoms with Crippen molar-refractivity contribution in [3.63, 3.8) is 0 Å². The first-order chi connectivity index (χ1) is 27.6. The summed E-state index contributed by atoms with van der Waals surface area (Å²) >= 11 is 0. The zero-order valence-corrected chi connectivity index (χ0v) is 34.9. The molecular formula is C45H59F3O11. The summed E-state index contributed by atoms with van der Waals surface area (Å²) in [7, 11) is 0. The minimum Gasteiger partial charge on any atom is -0.491 e. The van der Waals surface area contributed by atoms with Crippen molar-refractivity contribution in [3.05, 3.63) is 54.1 Å². The summed E-state index contributed by atoms with van der Waals surface area (Å²) < 4.78 is 70.8. The quantitative estimate of drug-likeness (QED) is 0.0282. The maximum absolute atomic E-state index is 12.9. The predicted octanol–water partition coefficient (Wildman–Crippen LogP) is 8.77. The molecule has 1 N–H and O–H groups in total. The van der Waals surface area contributed by atoms with Crippen LogP contribution < -0.4 is 4.74 Å². The van der Waals surface area contributed by atoms with Gasteiger partial charge in [0.25, 0.3) is 0 Å². The van der Waals surface area contributed by atoms with Crippen LogP contribution in [0.1, 0.15) is 105 Å². The van der Waals surface area contributed by atoms with Crippen molar-refractivity contribution in [2.45, 2.75) is 118 Å². The summed E-state index contributed by atoms with van der Waals surface area (Å²) in [6.07, 6.45) is 15.7. The fraction of sp³-hybridized carbons (Fsp3) is 0.600. The Labute approximate surface area is 346 Å². The van der Waals surface area contributed by atoms with E-state index < -0.39 is 64.4 Å². The Morgan fingerprint density at radius 1 is 0.898 bits per heavy atom. The van der Waals surface area contributed by atoms with Crippen LogP contribution in [0.25, 0.3) is 0 Å². The van der Waals surface area contributed by atoms with E-state index in [2.05, 4.69) is 17.9 Å². The number of esters is 3. The molecule has 1 fully saturated rings. The number of rotatable bonds is 23. The Morgan fingerprint density at radius 2 is 1.51 bits per heavy atom. The topological polar surface area (TPSA) is 144 Å². The number of benzene rings is 1. The number of allylic oxidation sites excluding steroid dienone is 3. The monoisotopic (exact) mass is 832 g/mol. The summed E-state index contributed by atoms with van der Waals surface area (Å²) in [6.45, 7) is 8.33. The number of ether oxygens (including phenoxy) is 6. The van der Waals surface area contributed by atoms with Crippen LogP contribution >= 0.6 is 0 Å². The van der Waals surface area contributed by atoms with E-state index in [0.717, 1.165) is 37.8 Å². The minimum atomic E-state index is -4.48. The molecule has 0 radical (unpaired) electrons. The van der Waals surface area contributed by atoms with Gasteiger partial charge in [0.05, 0.1) is 21.8 Å². The fourth-order valence-electron chi connectivity index (χ4n) is 5.96. The van der Waals surface area contributed by atoms with Gasteiger partial charge >= 0.3 is 30.2 Å². The van der Waals surface area contributed by atoms with Gasteiger partial charge in [0.2, 0.25) is 6.29 Å². The molecule has 1 saturated carbocycles. The minimum absolute atomic E-state index is 0.0308. The highest BCUT2D eigenvalue weighted by molar-refractivity contribution is 5.77. The van der Waals surface area contributed by atoms with E-state index in [1.165, 1.54) is 19.1 Å². The number of alkyl halides is 3. The van der Waals surface area contributed by atoms with E-state index in [1.807, 2.05) is 12.2 Å². The van der Waals surface area contributed by atoms with Gasteiger partial charge in [-0.25, -0.2) is 4.79 Å². The van der Waals surface area contributed by atoms with Crippen molar-refractivity contribution in [3.8, 4) is 30.4 Å². The first-order valence-corrected chi connectivity index (χ1v) is 19.7. The molecule has 1 aliphatic rings. The van der Waals surface area contributed by atoms with E-state index in [-0.39, 0.29) is 57.4 Å². The molecule has 1 aliphatic carbocycles. The van der Waals surface area contributed by atoms with Crippen LogP contribution in [-0.4, -0.2) is 68.0 Å². The van der Waals surface area contributed by atoms with Crippen molar-refractivity contribution in [1.29, 1.82) is 0 Å². The number of hydrogen-bond acceptors (Lipinski definition) is 11. The van der Waals surface area contributed by atoms with Gasteiger partial charge in [0, 0.05) is 26.2 Å². The lowest BCUT2D eigenvalue weighted by Crippen LogP contribution is -2.40. The van der Waals surface area contributed by atoms with Gasteiger partial charge < -0.3 is 33.5 Å². The summed E-state index contributed by atoms with van der Waals surface area (Å²) in [6, 6.07) is 4.52. The molecule has 2 rings (SSSR count). The zero-order valence-electron chi connectivity index (χ0n) is 34.9. The summed E-state index contributed by atoms with van der Waals surface area (Å²) in [5.41, 5.74) is -3.97. The van der Waals surface area contributed by atoms with Gasteiger partial charge in [0.1, 0.15) is 38.3 Å². The Hall–Kier alpha value is -4.95. The van der Waals surface area contributed by atoms with Crippen LogP contribution in [-0.2, 0) is 44.2 Å². The van der Waals surface area contributed by atoms with E-state index in [0.29, 0.717) is 18.8 Å². The van der Waals surface area contributed by atoms with Crippen LogP contribution in [0.15, 0.2) is 48.6 Å². The fourth-order valence-corrected chi connectivity index (χ4v) is 5.96. The molecule has 59 heavy (non-hydrogen) atoms. The number of carbonyl (C=O) groups excluding carboxylic acids is 4. The molecule has 4 atom stereocenters. The second-order valence-electron chi connectivity index (χ2n) is 16.4. The summed E-state index contributed by atoms with van der Waals surface area (Å²) in [5, 5.41) is 10.3. The molecule has 0 amide bonds. The number of halogens is 3. The molecule has 1 aromatic carbocycles. The highest BCUT2D eigenvalue weighted by Crippen LogP contribution is 2.36. The van der Waals surface area contributed by atoms with Gasteiger partial charge in [-0.3, -0.25) is 14.4 Å². The molecule has 0 aromatic heterocycles. The Bertz CT molecular complexity index is 1640. The standard InChI is InChI=1S/C45H59F3O11/c1-9-25-42(4,5)39(51)55-29-44(8,30-56-40(52)43(6,7)26-10-2)31-57-41(53)59-32(3)58-38(50)22-14-12-11-13-17-33-18-15-19-34(33)23-24-36(49)28-54-37-21-16-20-35(27-37)45(46,47)48/h1-2,11,13,16,20-21,23-24,27,32-34,36,49H,12,14-15,17-19,22,25-26,28-31H2,3-8H3/b13-11-,24-23+/t32?,33-,34+,36+/m0/s1. The molecule has 326 valence electrons. The highest BCUT2D eigenvalue weighted by atomic mass is 19.4. The van der Waals surface area contributed by atoms with Crippen LogP contribution in [0.2, 0.25) is 0 Å². The number of hydrogen-bond donors (Lipinski definition) is 1. The van der Waals surface area contributed by atoms with E-state index >= 15 is 0 Å². The smallest absolute Gasteiger partial charge is 0.491 e. The summed E-state index contributed by atoms with van der Waals surface area (Å²) in [4.78, 5) is 50.4. The predicted molar refractivity (Wildman–Crippen MR) is 213 cm³/mol. The largest absolute Gasteiger partial charge is 0.511 e. The van der Waals surface area contributed by atoms with Crippen LogP contribution in [0.4, 0.5) is 18.0 Å². The van der Waals surface area contributed by atoms with Crippen molar-refractivity contribution in [2.24, 2.45) is 28.1 Å². The van der Waals surface area contributed by atoms with E-state index in [4.69, 9.17) is 41.3 Å². The van der Waals surface area contributed by atoms with Crippen LogP contribution in [0.3, 0.4) is 0 Å². The van der Waals surface area contributed by atoms with Gasteiger partial charge in [-0.15, -0.1) is 24.7 Å². The summed E-state index contributed by atoms with van der Waals surface area (Å²) in [5.74, 6) is 3.74. The molecule has 1 aromatic rings. The number of unbranched alkanes of at least 4 members (excludes halogenated alkanes) is 1. The van der Waals surface area contributed by atoms with Gasteiger partial charge in [-0.2, -0.15) is 13.2 Å². The maximum Gasteiger partial charge on any atom is 0.511 e. The Morgan fingerprint density at radius 3 is 2.10 bits per heavy atom. The average molecular weight is 833 g/mol. The van der Waals surface area contributed by atoms with Gasteiger partial charge in [-0.05, 0) is 96.8 Å².